The van der Waals surface area contributed by atoms with Crippen molar-refractivity contribution in [2.24, 2.45) is 10.9 Å². The minimum atomic E-state index is 0.557. The molecule has 0 spiro atoms. The van der Waals surface area contributed by atoms with E-state index < -0.39 is 0 Å². The standard InChI is InChI=1S/C19H31N3O3/c1-3-20-19(21-10-12-25-18-7-5-4-6-8-18)22-11-9-17(15-22)16-24-14-13-23-2/h4-8,17H,3,9-16H2,1-2H3,(H,20,21). The minimum Gasteiger partial charge on any atom is -0.492 e. The zero-order valence-electron chi connectivity index (χ0n) is 15.4. The topological polar surface area (TPSA) is 55.3 Å². The van der Waals surface area contributed by atoms with Gasteiger partial charge >= 0.3 is 0 Å². The van der Waals surface area contributed by atoms with Crippen molar-refractivity contribution < 1.29 is 14.2 Å². The van der Waals surface area contributed by atoms with E-state index in [4.69, 9.17) is 19.2 Å². The first-order valence-corrected chi connectivity index (χ1v) is 9.11. The molecule has 25 heavy (non-hydrogen) atoms. The number of nitrogens with one attached hydrogen (secondary N) is 1. The molecule has 0 radical (unpaired) electrons. The second-order valence-corrected chi connectivity index (χ2v) is 6.07. The highest BCUT2D eigenvalue weighted by molar-refractivity contribution is 5.80. The van der Waals surface area contributed by atoms with Crippen LogP contribution in [0.3, 0.4) is 0 Å². The first kappa shape index (κ1) is 19.5. The van der Waals surface area contributed by atoms with E-state index in [9.17, 15) is 0 Å². The highest BCUT2D eigenvalue weighted by Crippen LogP contribution is 2.16. The second kappa shape index (κ2) is 11.7. The zero-order valence-corrected chi connectivity index (χ0v) is 15.4. The Balaban J connectivity index is 1.73. The summed E-state index contributed by atoms with van der Waals surface area (Å²) in [5.41, 5.74) is 0. The fourth-order valence-corrected chi connectivity index (χ4v) is 2.81. The largest absolute Gasteiger partial charge is 0.492 e. The van der Waals surface area contributed by atoms with E-state index in [0.29, 0.717) is 32.3 Å². The molecule has 0 amide bonds. The fraction of sp³-hybridized carbons (Fsp3) is 0.632. The molecule has 1 fully saturated rings. The second-order valence-electron chi connectivity index (χ2n) is 6.07. The van der Waals surface area contributed by atoms with Gasteiger partial charge < -0.3 is 24.4 Å². The Kier molecular flexibility index (Phi) is 9.15. The number of para-hydroxylation sites is 1. The number of nitrogens with zero attached hydrogens (tertiary/aromatic N) is 2. The molecule has 1 atom stereocenters. The molecule has 6 heteroatoms. The molecular weight excluding hydrogens is 318 g/mol. The Morgan fingerprint density at radius 3 is 2.84 bits per heavy atom. The van der Waals surface area contributed by atoms with Gasteiger partial charge in [-0.25, -0.2) is 4.99 Å². The van der Waals surface area contributed by atoms with Gasteiger partial charge in [-0.3, -0.25) is 0 Å². The van der Waals surface area contributed by atoms with Crippen molar-refractivity contribution in [3.05, 3.63) is 30.3 Å². The summed E-state index contributed by atoms with van der Waals surface area (Å²) in [5, 5.41) is 3.38. The molecule has 2 rings (SSSR count). The van der Waals surface area contributed by atoms with Crippen molar-refractivity contribution in [2.45, 2.75) is 13.3 Å². The van der Waals surface area contributed by atoms with E-state index in [2.05, 4.69) is 17.1 Å². The van der Waals surface area contributed by atoms with Crippen LogP contribution in [0.25, 0.3) is 0 Å². The lowest BCUT2D eigenvalue weighted by Gasteiger charge is -2.21. The third kappa shape index (κ3) is 7.32. The van der Waals surface area contributed by atoms with Crippen molar-refractivity contribution in [2.75, 3.05) is 59.7 Å². The lowest BCUT2D eigenvalue weighted by molar-refractivity contribution is 0.0536. The van der Waals surface area contributed by atoms with Gasteiger partial charge in [0.25, 0.3) is 0 Å². The van der Waals surface area contributed by atoms with Crippen LogP contribution in [0.4, 0.5) is 0 Å². The SMILES string of the molecule is CCNC(=NCCOc1ccccc1)N1CCC(COCCOC)C1. The van der Waals surface area contributed by atoms with Crippen LogP contribution in [-0.2, 0) is 9.47 Å². The van der Waals surface area contributed by atoms with Crippen molar-refractivity contribution in [1.82, 2.24) is 10.2 Å². The average Bonchev–Trinajstić information content (AvgIpc) is 3.11. The van der Waals surface area contributed by atoms with Crippen LogP contribution in [0.2, 0.25) is 0 Å². The average molecular weight is 349 g/mol. The number of likely N-dealkylation sites (tertiary alicyclic amines) is 1. The van der Waals surface area contributed by atoms with Gasteiger partial charge in [-0.15, -0.1) is 0 Å². The summed E-state index contributed by atoms with van der Waals surface area (Å²) >= 11 is 0. The van der Waals surface area contributed by atoms with Crippen LogP contribution in [0.15, 0.2) is 35.3 Å². The van der Waals surface area contributed by atoms with Crippen molar-refractivity contribution in [3.8, 4) is 5.75 Å². The lowest BCUT2D eigenvalue weighted by atomic mass is 10.1. The Labute approximate surface area is 151 Å². The Morgan fingerprint density at radius 2 is 2.08 bits per heavy atom. The summed E-state index contributed by atoms with van der Waals surface area (Å²) in [6.07, 6.45) is 1.14. The maximum atomic E-state index is 5.71. The van der Waals surface area contributed by atoms with E-state index in [1.807, 2.05) is 30.3 Å². The third-order valence-corrected chi connectivity index (χ3v) is 4.07. The molecule has 1 unspecified atom stereocenters. The number of ether oxygens (including phenoxy) is 3. The fourth-order valence-electron chi connectivity index (χ4n) is 2.81. The number of hydrogen-bond donors (Lipinski definition) is 1. The Bertz CT molecular complexity index is 496. The molecular formula is C19H31N3O3. The predicted octanol–water partition coefficient (Wildman–Crippen LogP) is 2.02. The van der Waals surface area contributed by atoms with Gasteiger partial charge in [0.15, 0.2) is 5.96 Å². The normalized spacial score (nSPS) is 17.8. The summed E-state index contributed by atoms with van der Waals surface area (Å²) in [5.74, 6) is 2.41. The summed E-state index contributed by atoms with van der Waals surface area (Å²) in [6, 6.07) is 9.85. The molecule has 0 aromatic heterocycles. The maximum absolute atomic E-state index is 5.71. The molecule has 1 heterocycles. The highest BCUT2D eigenvalue weighted by Gasteiger charge is 2.24. The summed E-state index contributed by atoms with van der Waals surface area (Å²) in [7, 11) is 1.70. The van der Waals surface area contributed by atoms with Crippen molar-refractivity contribution in [1.29, 1.82) is 0 Å². The number of aliphatic imine (C=N–C) groups is 1. The monoisotopic (exact) mass is 349 g/mol. The van der Waals surface area contributed by atoms with Gasteiger partial charge in [0.1, 0.15) is 12.4 Å². The molecule has 0 saturated carbocycles. The number of rotatable bonds is 10. The van der Waals surface area contributed by atoms with Crippen molar-refractivity contribution >= 4 is 5.96 Å². The van der Waals surface area contributed by atoms with Gasteiger partial charge in [-0.05, 0) is 25.5 Å². The summed E-state index contributed by atoms with van der Waals surface area (Å²) in [6.45, 7) is 8.29. The van der Waals surface area contributed by atoms with Crippen molar-refractivity contribution in [3.63, 3.8) is 0 Å². The summed E-state index contributed by atoms with van der Waals surface area (Å²) < 4.78 is 16.4. The van der Waals surface area contributed by atoms with Crippen LogP contribution >= 0.6 is 0 Å². The molecule has 6 nitrogen and oxygen atoms in total. The number of hydrogen-bond acceptors (Lipinski definition) is 4. The van der Waals surface area contributed by atoms with E-state index in [-0.39, 0.29) is 0 Å². The van der Waals surface area contributed by atoms with Crippen LogP contribution in [-0.4, -0.2) is 70.6 Å². The van der Waals surface area contributed by atoms with E-state index in [1.165, 1.54) is 0 Å². The quantitative estimate of drug-likeness (QED) is 0.398. The zero-order chi connectivity index (χ0) is 17.7. The first-order valence-electron chi connectivity index (χ1n) is 9.11. The molecule has 1 saturated heterocycles. The predicted molar refractivity (Wildman–Crippen MR) is 100 cm³/mol. The van der Waals surface area contributed by atoms with E-state index in [0.717, 1.165) is 44.4 Å². The Morgan fingerprint density at radius 1 is 1.24 bits per heavy atom. The molecule has 1 N–H and O–H groups in total. The van der Waals surface area contributed by atoms with Gasteiger partial charge in [0, 0.05) is 32.7 Å². The number of methoxy groups -OCH3 is 1. The van der Waals surface area contributed by atoms with E-state index in [1.54, 1.807) is 7.11 Å². The molecule has 0 aliphatic carbocycles. The van der Waals surface area contributed by atoms with Crippen LogP contribution < -0.4 is 10.1 Å². The first-order chi connectivity index (χ1) is 12.3. The van der Waals surface area contributed by atoms with E-state index >= 15 is 0 Å². The van der Waals surface area contributed by atoms with Gasteiger partial charge in [0.05, 0.1) is 26.4 Å². The molecule has 1 aliphatic rings. The smallest absolute Gasteiger partial charge is 0.194 e. The van der Waals surface area contributed by atoms with Crippen LogP contribution in [0, 0.1) is 5.92 Å². The molecule has 140 valence electrons. The molecule has 1 aromatic carbocycles. The van der Waals surface area contributed by atoms with Crippen LogP contribution in [0.1, 0.15) is 13.3 Å². The number of benzene rings is 1. The molecule has 1 aromatic rings. The minimum absolute atomic E-state index is 0.557. The molecule has 0 bridgehead atoms. The van der Waals surface area contributed by atoms with Gasteiger partial charge in [-0.1, -0.05) is 18.2 Å². The van der Waals surface area contributed by atoms with Crippen LogP contribution in [0.5, 0.6) is 5.75 Å². The number of guanidine groups is 1. The van der Waals surface area contributed by atoms with Gasteiger partial charge in [0.2, 0.25) is 0 Å². The Hall–Kier alpha value is -1.79. The van der Waals surface area contributed by atoms with Gasteiger partial charge in [-0.2, -0.15) is 0 Å². The maximum Gasteiger partial charge on any atom is 0.194 e. The lowest BCUT2D eigenvalue weighted by Crippen LogP contribution is -2.40. The third-order valence-electron chi connectivity index (χ3n) is 4.07. The highest BCUT2D eigenvalue weighted by atomic mass is 16.5. The summed E-state index contributed by atoms with van der Waals surface area (Å²) in [4.78, 5) is 7.02. The molecule has 1 aliphatic heterocycles.